The van der Waals surface area contributed by atoms with Gasteiger partial charge >= 0.3 is 0 Å². The van der Waals surface area contributed by atoms with Crippen molar-refractivity contribution in [3.05, 3.63) is 23.3 Å². The lowest BCUT2D eigenvalue weighted by Gasteiger charge is -2.22. The highest BCUT2D eigenvalue weighted by Crippen LogP contribution is 2.34. The van der Waals surface area contributed by atoms with Crippen LogP contribution in [0.15, 0.2) is 12.1 Å². The maximum absolute atomic E-state index is 12.6. The van der Waals surface area contributed by atoms with Crippen molar-refractivity contribution < 1.29 is 14.3 Å². The van der Waals surface area contributed by atoms with Gasteiger partial charge in [-0.3, -0.25) is 4.79 Å². The number of nitrogens with zero attached hydrogens (tertiary/aromatic N) is 1. The second kappa shape index (κ2) is 7.78. The van der Waals surface area contributed by atoms with E-state index in [1.165, 1.54) is 0 Å². The molecule has 0 bridgehead atoms. The highest BCUT2D eigenvalue weighted by atomic mass is 16.5. The van der Waals surface area contributed by atoms with Crippen LogP contribution in [0.5, 0.6) is 11.5 Å². The number of carbonyl (C=O) groups is 1. The molecule has 0 saturated heterocycles. The lowest BCUT2D eigenvalue weighted by molar-refractivity contribution is 0.0771. The van der Waals surface area contributed by atoms with Crippen LogP contribution in [0, 0.1) is 0 Å². The molecule has 112 valence electrons. The summed E-state index contributed by atoms with van der Waals surface area (Å²) in [6.45, 7) is 7.47. The molecule has 20 heavy (non-hydrogen) atoms. The Labute approximate surface area is 121 Å². The van der Waals surface area contributed by atoms with E-state index >= 15 is 0 Å². The van der Waals surface area contributed by atoms with Crippen molar-refractivity contribution >= 4 is 5.91 Å². The number of hydrogen-bond acceptors (Lipinski definition) is 3. The zero-order valence-corrected chi connectivity index (χ0v) is 13.2. The van der Waals surface area contributed by atoms with Crippen molar-refractivity contribution in [2.24, 2.45) is 0 Å². The molecule has 0 fully saturated rings. The minimum absolute atomic E-state index is 0.0550. The van der Waals surface area contributed by atoms with Gasteiger partial charge in [-0.25, -0.2) is 0 Å². The Morgan fingerprint density at radius 3 is 2.20 bits per heavy atom. The van der Waals surface area contributed by atoms with E-state index in [0.717, 1.165) is 18.4 Å². The molecule has 0 saturated carbocycles. The van der Waals surface area contributed by atoms with E-state index in [4.69, 9.17) is 9.47 Å². The van der Waals surface area contributed by atoms with Gasteiger partial charge in [0.2, 0.25) is 0 Å². The monoisotopic (exact) mass is 279 g/mol. The van der Waals surface area contributed by atoms with Gasteiger partial charge in [-0.1, -0.05) is 13.3 Å². The molecule has 4 heteroatoms. The predicted molar refractivity (Wildman–Crippen MR) is 80.8 cm³/mol. The van der Waals surface area contributed by atoms with Crippen LogP contribution in [-0.4, -0.2) is 38.1 Å². The zero-order valence-electron chi connectivity index (χ0n) is 13.2. The molecule has 0 spiro atoms. The summed E-state index contributed by atoms with van der Waals surface area (Å²) in [7, 11) is 3.22. The summed E-state index contributed by atoms with van der Waals surface area (Å²) in [6.07, 6.45) is 1.74. The van der Waals surface area contributed by atoms with E-state index < -0.39 is 0 Å². The van der Waals surface area contributed by atoms with Crippen LogP contribution in [0.1, 0.15) is 43.1 Å². The van der Waals surface area contributed by atoms with Crippen molar-refractivity contribution in [2.75, 3.05) is 27.3 Å². The van der Waals surface area contributed by atoms with Gasteiger partial charge in [-0.2, -0.15) is 0 Å². The SMILES string of the molecule is CCCc1c(C(=O)N(CC)CC)ccc(OC)c1OC. The van der Waals surface area contributed by atoms with Crippen LogP contribution < -0.4 is 9.47 Å². The average Bonchev–Trinajstić information content (AvgIpc) is 2.48. The van der Waals surface area contributed by atoms with Crippen molar-refractivity contribution in [3.63, 3.8) is 0 Å². The average molecular weight is 279 g/mol. The molecule has 0 radical (unpaired) electrons. The third-order valence-electron chi connectivity index (χ3n) is 3.43. The molecule has 0 unspecified atom stereocenters. The van der Waals surface area contributed by atoms with E-state index in [9.17, 15) is 4.79 Å². The molecule has 0 aliphatic heterocycles. The summed E-state index contributed by atoms with van der Waals surface area (Å²) in [6, 6.07) is 3.64. The maximum Gasteiger partial charge on any atom is 0.254 e. The summed E-state index contributed by atoms with van der Waals surface area (Å²) in [5, 5.41) is 0. The first-order chi connectivity index (χ1) is 9.64. The number of benzene rings is 1. The van der Waals surface area contributed by atoms with Gasteiger partial charge < -0.3 is 14.4 Å². The third-order valence-corrected chi connectivity index (χ3v) is 3.43. The second-order valence-corrected chi connectivity index (χ2v) is 4.55. The standard InChI is InChI=1S/C16H25NO3/c1-6-9-12-13(16(18)17(7-2)8-3)10-11-14(19-4)15(12)20-5/h10-11H,6-9H2,1-5H3. The van der Waals surface area contributed by atoms with Gasteiger partial charge in [0.15, 0.2) is 11.5 Å². The number of amides is 1. The van der Waals surface area contributed by atoms with Crippen LogP contribution in [0.2, 0.25) is 0 Å². The fourth-order valence-electron chi connectivity index (χ4n) is 2.37. The number of carbonyl (C=O) groups excluding carboxylic acids is 1. The second-order valence-electron chi connectivity index (χ2n) is 4.55. The Hall–Kier alpha value is -1.71. The molecule has 1 aromatic carbocycles. The van der Waals surface area contributed by atoms with E-state index in [1.54, 1.807) is 20.3 Å². The summed E-state index contributed by atoms with van der Waals surface area (Å²) >= 11 is 0. The maximum atomic E-state index is 12.6. The van der Waals surface area contributed by atoms with Crippen LogP contribution in [-0.2, 0) is 6.42 Å². The summed E-state index contributed by atoms with van der Waals surface area (Å²) < 4.78 is 10.8. The molecule has 1 aromatic rings. The summed E-state index contributed by atoms with van der Waals surface area (Å²) in [5.74, 6) is 1.40. The van der Waals surface area contributed by atoms with Crippen LogP contribution >= 0.6 is 0 Å². The number of methoxy groups -OCH3 is 2. The topological polar surface area (TPSA) is 38.8 Å². The fraction of sp³-hybridized carbons (Fsp3) is 0.562. The molecule has 1 amide bonds. The normalized spacial score (nSPS) is 10.2. The first kappa shape index (κ1) is 16.3. The first-order valence-electron chi connectivity index (χ1n) is 7.17. The van der Waals surface area contributed by atoms with Gasteiger partial charge in [0, 0.05) is 24.2 Å². The van der Waals surface area contributed by atoms with E-state index in [2.05, 4.69) is 6.92 Å². The predicted octanol–water partition coefficient (Wildman–Crippen LogP) is 3.14. The van der Waals surface area contributed by atoms with Crippen LogP contribution in [0.4, 0.5) is 0 Å². The highest BCUT2D eigenvalue weighted by molar-refractivity contribution is 5.96. The van der Waals surface area contributed by atoms with Gasteiger partial charge in [0.25, 0.3) is 5.91 Å². The summed E-state index contributed by atoms with van der Waals surface area (Å²) in [4.78, 5) is 14.4. The fourth-order valence-corrected chi connectivity index (χ4v) is 2.37. The number of rotatable bonds is 7. The summed E-state index contributed by atoms with van der Waals surface area (Å²) in [5.41, 5.74) is 1.65. The van der Waals surface area contributed by atoms with Crippen LogP contribution in [0.25, 0.3) is 0 Å². The van der Waals surface area contributed by atoms with E-state index in [1.807, 2.05) is 24.8 Å². The minimum atomic E-state index is 0.0550. The third kappa shape index (κ3) is 3.24. The van der Waals surface area contributed by atoms with Gasteiger partial charge in [-0.05, 0) is 32.4 Å². The number of hydrogen-bond donors (Lipinski definition) is 0. The molecule has 0 aliphatic rings. The Morgan fingerprint density at radius 2 is 1.75 bits per heavy atom. The van der Waals surface area contributed by atoms with Gasteiger partial charge in [-0.15, -0.1) is 0 Å². The van der Waals surface area contributed by atoms with E-state index in [-0.39, 0.29) is 5.91 Å². The smallest absolute Gasteiger partial charge is 0.254 e. The molecule has 0 N–H and O–H groups in total. The molecule has 0 aromatic heterocycles. The van der Waals surface area contributed by atoms with Crippen LogP contribution in [0.3, 0.4) is 0 Å². The minimum Gasteiger partial charge on any atom is -0.493 e. The molecule has 4 nitrogen and oxygen atoms in total. The van der Waals surface area contributed by atoms with Crippen molar-refractivity contribution in [1.82, 2.24) is 4.90 Å². The Balaban J connectivity index is 3.35. The zero-order chi connectivity index (χ0) is 15.1. The highest BCUT2D eigenvalue weighted by Gasteiger charge is 2.21. The largest absolute Gasteiger partial charge is 0.493 e. The Morgan fingerprint density at radius 1 is 1.10 bits per heavy atom. The van der Waals surface area contributed by atoms with Crippen molar-refractivity contribution in [1.29, 1.82) is 0 Å². The molecule has 0 aliphatic carbocycles. The molecule has 0 heterocycles. The Kier molecular flexibility index (Phi) is 6.36. The number of ether oxygens (including phenoxy) is 2. The lowest BCUT2D eigenvalue weighted by atomic mass is 10.00. The molecule has 0 atom stereocenters. The molecular formula is C16H25NO3. The molecular weight excluding hydrogens is 254 g/mol. The van der Waals surface area contributed by atoms with Crippen molar-refractivity contribution in [2.45, 2.75) is 33.6 Å². The van der Waals surface area contributed by atoms with E-state index in [0.29, 0.717) is 30.2 Å². The first-order valence-corrected chi connectivity index (χ1v) is 7.17. The van der Waals surface area contributed by atoms with Crippen molar-refractivity contribution in [3.8, 4) is 11.5 Å². The van der Waals surface area contributed by atoms with Gasteiger partial charge in [0.1, 0.15) is 0 Å². The lowest BCUT2D eigenvalue weighted by Crippen LogP contribution is -2.31. The van der Waals surface area contributed by atoms with Gasteiger partial charge in [0.05, 0.1) is 14.2 Å². The molecule has 1 rings (SSSR count). The Bertz CT molecular complexity index is 453. The quantitative estimate of drug-likeness (QED) is 0.769.